The molecule has 18 heavy (non-hydrogen) atoms. The van der Waals surface area contributed by atoms with Crippen LogP contribution in [-0.2, 0) is 0 Å². The molecule has 1 aliphatic heterocycles. The largest absolute Gasteiger partial charge is 0.371 e. The van der Waals surface area contributed by atoms with Gasteiger partial charge in [-0.25, -0.2) is 0 Å². The Labute approximate surface area is 119 Å². The lowest BCUT2D eigenvalue weighted by molar-refractivity contribution is 0.521. The molecule has 2 atom stereocenters. The molecule has 0 saturated carbocycles. The van der Waals surface area contributed by atoms with Crippen molar-refractivity contribution in [2.45, 2.75) is 39.2 Å². The molecule has 0 aromatic heterocycles. The summed E-state index contributed by atoms with van der Waals surface area (Å²) in [6.07, 6.45) is 3.95. The SMILES string of the molecule is CC1CCCN(c2ccc([C@@H](C)N)c(Br)c2)CC1. The Morgan fingerprint density at radius 2 is 2.11 bits per heavy atom. The van der Waals surface area contributed by atoms with Crippen molar-refractivity contribution in [1.29, 1.82) is 0 Å². The second-order valence-corrected chi connectivity index (χ2v) is 6.37. The molecule has 0 spiro atoms. The normalized spacial score (nSPS) is 22.7. The van der Waals surface area contributed by atoms with E-state index in [1.807, 2.05) is 6.92 Å². The third kappa shape index (κ3) is 3.27. The Morgan fingerprint density at radius 3 is 2.78 bits per heavy atom. The number of rotatable bonds is 2. The fraction of sp³-hybridized carbons (Fsp3) is 0.600. The highest BCUT2D eigenvalue weighted by atomic mass is 79.9. The van der Waals surface area contributed by atoms with Gasteiger partial charge in [0.15, 0.2) is 0 Å². The van der Waals surface area contributed by atoms with Crippen LogP contribution in [0.15, 0.2) is 22.7 Å². The van der Waals surface area contributed by atoms with Gasteiger partial charge in [0.2, 0.25) is 0 Å². The van der Waals surface area contributed by atoms with Crippen molar-refractivity contribution in [1.82, 2.24) is 0 Å². The highest BCUT2D eigenvalue weighted by molar-refractivity contribution is 9.10. The number of benzene rings is 1. The maximum atomic E-state index is 5.94. The van der Waals surface area contributed by atoms with E-state index in [0.29, 0.717) is 0 Å². The van der Waals surface area contributed by atoms with Crippen molar-refractivity contribution in [3.63, 3.8) is 0 Å². The molecule has 0 radical (unpaired) electrons. The third-order valence-electron chi connectivity index (χ3n) is 3.86. The van der Waals surface area contributed by atoms with E-state index >= 15 is 0 Å². The highest BCUT2D eigenvalue weighted by Gasteiger charge is 2.15. The molecule has 1 heterocycles. The molecule has 0 bridgehead atoms. The minimum Gasteiger partial charge on any atom is -0.371 e. The van der Waals surface area contributed by atoms with Crippen LogP contribution in [0.5, 0.6) is 0 Å². The lowest BCUT2D eigenvalue weighted by Gasteiger charge is -2.24. The van der Waals surface area contributed by atoms with Crippen LogP contribution in [-0.4, -0.2) is 13.1 Å². The fourth-order valence-corrected chi connectivity index (χ4v) is 3.33. The van der Waals surface area contributed by atoms with Crippen LogP contribution in [0.3, 0.4) is 0 Å². The summed E-state index contributed by atoms with van der Waals surface area (Å²) in [4.78, 5) is 2.50. The minimum atomic E-state index is 0.0811. The Morgan fingerprint density at radius 1 is 1.33 bits per heavy atom. The van der Waals surface area contributed by atoms with Gasteiger partial charge in [0.05, 0.1) is 0 Å². The first-order chi connectivity index (χ1) is 8.58. The van der Waals surface area contributed by atoms with Crippen molar-refractivity contribution < 1.29 is 0 Å². The molecule has 2 rings (SSSR count). The van der Waals surface area contributed by atoms with E-state index in [4.69, 9.17) is 5.73 Å². The van der Waals surface area contributed by atoms with Crippen molar-refractivity contribution in [2.75, 3.05) is 18.0 Å². The van der Waals surface area contributed by atoms with E-state index in [1.54, 1.807) is 0 Å². The van der Waals surface area contributed by atoms with E-state index < -0.39 is 0 Å². The first kappa shape index (κ1) is 13.9. The smallest absolute Gasteiger partial charge is 0.0377 e. The quantitative estimate of drug-likeness (QED) is 0.891. The Bertz CT molecular complexity index is 403. The lowest BCUT2D eigenvalue weighted by atomic mass is 10.0. The van der Waals surface area contributed by atoms with Gasteiger partial charge in [0.25, 0.3) is 0 Å². The highest BCUT2D eigenvalue weighted by Crippen LogP contribution is 2.29. The summed E-state index contributed by atoms with van der Waals surface area (Å²) >= 11 is 3.64. The van der Waals surface area contributed by atoms with Gasteiger partial charge >= 0.3 is 0 Å². The van der Waals surface area contributed by atoms with E-state index in [0.717, 1.165) is 10.4 Å². The molecule has 1 aromatic rings. The summed E-state index contributed by atoms with van der Waals surface area (Å²) in [6.45, 7) is 6.73. The van der Waals surface area contributed by atoms with Gasteiger partial charge in [0, 0.05) is 29.3 Å². The zero-order valence-corrected chi connectivity index (χ0v) is 12.9. The van der Waals surface area contributed by atoms with E-state index in [2.05, 4.69) is 46.0 Å². The number of nitrogens with zero attached hydrogens (tertiary/aromatic N) is 1. The van der Waals surface area contributed by atoms with Gasteiger partial charge in [-0.2, -0.15) is 0 Å². The third-order valence-corrected chi connectivity index (χ3v) is 4.54. The average molecular weight is 311 g/mol. The number of nitrogens with two attached hydrogens (primary N) is 1. The van der Waals surface area contributed by atoms with Crippen LogP contribution in [0.1, 0.15) is 44.7 Å². The van der Waals surface area contributed by atoms with Crippen LogP contribution >= 0.6 is 15.9 Å². The van der Waals surface area contributed by atoms with Gasteiger partial charge in [0.1, 0.15) is 0 Å². The molecule has 100 valence electrons. The average Bonchev–Trinajstić information content (AvgIpc) is 2.53. The van der Waals surface area contributed by atoms with E-state index in [1.165, 1.54) is 43.6 Å². The van der Waals surface area contributed by atoms with Crippen LogP contribution < -0.4 is 10.6 Å². The second-order valence-electron chi connectivity index (χ2n) is 5.52. The van der Waals surface area contributed by atoms with Crippen LogP contribution in [0, 0.1) is 5.92 Å². The lowest BCUT2D eigenvalue weighted by Crippen LogP contribution is -2.24. The number of halogens is 1. The van der Waals surface area contributed by atoms with Gasteiger partial charge in [-0.3, -0.25) is 0 Å². The van der Waals surface area contributed by atoms with Crippen molar-refractivity contribution in [2.24, 2.45) is 11.7 Å². The molecular weight excluding hydrogens is 288 g/mol. The van der Waals surface area contributed by atoms with Crippen molar-refractivity contribution in [3.05, 3.63) is 28.2 Å². The van der Waals surface area contributed by atoms with E-state index in [-0.39, 0.29) is 6.04 Å². The molecule has 0 amide bonds. The first-order valence-corrected chi connectivity index (χ1v) is 7.67. The minimum absolute atomic E-state index is 0.0811. The summed E-state index contributed by atoms with van der Waals surface area (Å²) < 4.78 is 1.13. The molecule has 3 heteroatoms. The van der Waals surface area contributed by atoms with Crippen LogP contribution in [0.2, 0.25) is 0 Å². The van der Waals surface area contributed by atoms with Gasteiger partial charge in [-0.05, 0) is 49.8 Å². The summed E-state index contributed by atoms with van der Waals surface area (Å²) in [7, 11) is 0. The zero-order chi connectivity index (χ0) is 13.1. The monoisotopic (exact) mass is 310 g/mol. The topological polar surface area (TPSA) is 29.3 Å². The standard InChI is InChI=1S/C15H23BrN2/c1-11-4-3-8-18(9-7-11)13-5-6-14(12(2)17)15(16)10-13/h5-6,10-12H,3-4,7-9,17H2,1-2H3/t11?,12-/m1/s1. The molecule has 1 unspecified atom stereocenters. The van der Waals surface area contributed by atoms with Crippen molar-refractivity contribution in [3.8, 4) is 0 Å². The summed E-state index contributed by atoms with van der Waals surface area (Å²) in [5, 5.41) is 0. The number of hydrogen-bond donors (Lipinski definition) is 1. The second kappa shape index (κ2) is 6.07. The summed E-state index contributed by atoms with van der Waals surface area (Å²) in [6, 6.07) is 6.66. The predicted molar refractivity (Wildman–Crippen MR) is 82.0 cm³/mol. The predicted octanol–water partition coefficient (Wildman–Crippen LogP) is 4.10. The molecule has 1 aliphatic rings. The summed E-state index contributed by atoms with van der Waals surface area (Å²) in [5.41, 5.74) is 8.44. The molecule has 2 N–H and O–H groups in total. The Kier molecular flexibility index (Phi) is 4.68. The van der Waals surface area contributed by atoms with Crippen molar-refractivity contribution >= 4 is 21.6 Å². The Balaban J connectivity index is 2.15. The first-order valence-electron chi connectivity index (χ1n) is 6.88. The van der Waals surface area contributed by atoms with Gasteiger partial charge in [-0.15, -0.1) is 0 Å². The van der Waals surface area contributed by atoms with Crippen LogP contribution in [0.25, 0.3) is 0 Å². The molecule has 1 saturated heterocycles. The Hall–Kier alpha value is -0.540. The zero-order valence-electron chi connectivity index (χ0n) is 11.3. The van der Waals surface area contributed by atoms with Gasteiger partial charge < -0.3 is 10.6 Å². The number of anilines is 1. The maximum Gasteiger partial charge on any atom is 0.0377 e. The maximum absolute atomic E-state index is 5.94. The van der Waals surface area contributed by atoms with E-state index in [9.17, 15) is 0 Å². The van der Waals surface area contributed by atoms with Crippen LogP contribution in [0.4, 0.5) is 5.69 Å². The molecular formula is C15H23BrN2. The molecule has 2 nitrogen and oxygen atoms in total. The number of hydrogen-bond acceptors (Lipinski definition) is 2. The molecule has 1 fully saturated rings. The summed E-state index contributed by atoms with van der Waals surface area (Å²) in [5.74, 6) is 0.863. The van der Waals surface area contributed by atoms with Gasteiger partial charge in [-0.1, -0.05) is 28.9 Å². The molecule has 1 aromatic carbocycles. The molecule has 0 aliphatic carbocycles. The fourth-order valence-electron chi connectivity index (χ4n) is 2.60.